The van der Waals surface area contributed by atoms with E-state index >= 15 is 0 Å². The van der Waals surface area contributed by atoms with Crippen LogP contribution in [0.1, 0.15) is 37.3 Å². The van der Waals surface area contributed by atoms with Gasteiger partial charge in [0.2, 0.25) is 0 Å². The summed E-state index contributed by atoms with van der Waals surface area (Å²) in [4.78, 5) is 2.42. The van der Waals surface area contributed by atoms with Gasteiger partial charge in [0.1, 0.15) is 0 Å². The summed E-state index contributed by atoms with van der Waals surface area (Å²) in [5.74, 6) is 0. The van der Waals surface area contributed by atoms with E-state index in [9.17, 15) is 0 Å². The smallest absolute Gasteiger partial charge is 0.0233 e. The summed E-state index contributed by atoms with van der Waals surface area (Å²) in [6.07, 6.45) is 3.86. The highest BCUT2D eigenvalue weighted by molar-refractivity contribution is 5.25. The minimum Gasteiger partial charge on any atom is -0.317 e. The van der Waals surface area contributed by atoms with Gasteiger partial charge in [0, 0.05) is 12.6 Å². The highest BCUT2D eigenvalue weighted by atomic mass is 15.1. The summed E-state index contributed by atoms with van der Waals surface area (Å²) < 4.78 is 0. The number of aryl methyl sites for hydroxylation is 1. The molecule has 0 saturated carbocycles. The van der Waals surface area contributed by atoms with Gasteiger partial charge < -0.3 is 10.2 Å². The average Bonchev–Trinajstić information content (AvgIpc) is 2.37. The molecule has 0 amide bonds. The van der Waals surface area contributed by atoms with Crippen LogP contribution in [0, 0.1) is 6.92 Å². The predicted molar refractivity (Wildman–Crippen MR) is 79.9 cm³/mol. The van der Waals surface area contributed by atoms with Gasteiger partial charge in [-0.2, -0.15) is 0 Å². The van der Waals surface area contributed by atoms with Crippen molar-refractivity contribution < 1.29 is 0 Å². The Hall–Kier alpha value is -0.860. The van der Waals surface area contributed by atoms with Gasteiger partial charge in [0.15, 0.2) is 0 Å². The third-order valence-corrected chi connectivity index (χ3v) is 3.62. The van der Waals surface area contributed by atoms with Gasteiger partial charge in [-0.05, 0) is 58.5 Å². The highest BCUT2D eigenvalue weighted by Gasteiger charge is 2.03. The van der Waals surface area contributed by atoms with Crippen LogP contribution < -0.4 is 5.32 Å². The highest BCUT2D eigenvalue weighted by Crippen LogP contribution is 2.10. The lowest BCUT2D eigenvalue weighted by atomic mass is 10.1. The molecule has 1 N–H and O–H groups in total. The van der Waals surface area contributed by atoms with Crippen LogP contribution in [0.4, 0.5) is 0 Å². The zero-order chi connectivity index (χ0) is 13.4. The quantitative estimate of drug-likeness (QED) is 0.711. The molecule has 102 valence electrons. The number of rotatable bonds is 8. The van der Waals surface area contributed by atoms with E-state index in [4.69, 9.17) is 0 Å². The lowest BCUT2D eigenvalue weighted by molar-refractivity contribution is 0.314. The number of benzene rings is 1. The molecule has 2 heteroatoms. The van der Waals surface area contributed by atoms with Crippen LogP contribution in [0.3, 0.4) is 0 Å². The topological polar surface area (TPSA) is 15.3 Å². The average molecular weight is 248 g/mol. The molecule has 0 fully saturated rings. The Bertz CT molecular complexity index is 336. The standard InChI is InChI=1S/C16H28N2/c1-14-9-5-6-11-16(14)13-18(4)12-8-7-10-15(2)17-3/h5-6,9,11,15,17H,7-8,10,12-13H2,1-4H3. The zero-order valence-corrected chi connectivity index (χ0v) is 12.4. The number of hydrogen-bond acceptors (Lipinski definition) is 2. The van der Waals surface area contributed by atoms with Gasteiger partial charge in [0.25, 0.3) is 0 Å². The van der Waals surface area contributed by atoms with Crippen LogP contribution in [-0.2, 0) is 6.54 Å². The first-order valence-electron chi connectivity index (χ1n) is 7.03. The third kappa shape index (κ3) is 5.65. The minimum absolute atomic E-state index is 0.645. The lowest BCUT2D eigenvalue weighted by Gasteiger charge is -2.18. The fourth-order valence-electron chi connectivity index (χ4n) is 2.13. The van der Waals surface area contributed by atoms with Crippen molar-refractivity contribution in [2.75, 3.05) is 20.6 Å². The van der Waals surface area contributed by atoms with E-state index in [1.54, 1.807) is 0 Å². The second-order valence-electron chi connectivity index (χ2n) is 5.35. The molecule has 0 aromatic heterocycles. The van der Waals surface area contributed by atoms with E-state index in [-0.39, 0.29) is 0 Å². The van der Waals surface area contributed by atoms with E-state index in [1.165, 1.54) is 36.9 Å². The molecule has 1 aromatic rings. The molecule has 18 heavy (non-hydrogen) atoms. The molecule has 0 saturated heterocycles. The maximum atomic E-state index is 3.29. The van der Waals surface area contributed by atoms with Crippen molar-refractivity contribution in [3.05, 3.63) is 35.4 Å². The van der Waals surface area contributed by atoms with Crippen molar-refractivity contribution in [2.24, 2.45) is 0 Å². The van der Waals surface area contributed by atoms with Gasteiger partial charge in [0.05, 0.1) is 0 Å². The Balaban J connectivity index is 2.22. The van der Waals surface area contributed by atoms with Crippen LogP contribution in [-0.4, -0.2) is 31.6 Å². The molecule has 0 bridgehead atoms. The summed E-state index contributed by atoms with van der Waals surface area (Å²) in [5, 5.41) is 3.29. The Morgan fingerprint density at radius 2 is 1.94 bits per heavy atom. The van der Waals surface area contributed by atoms with Crippen LogP contribution >= 0.6 is 0 Å². The Labute approximate surface area is 112 Å². The predicted octanol–water partition coefficient (Wildman–Crippen LogP) is 3.21. The summed E-state index contributed by atoms with van der Waals surface area (Å²) >= 11 is 0. The Morgan fingerprint density at radius 1 is 1.22 bits per heavy atom. The second-order valence-corrected chi connectivity index (χ2v) is 5.35. The minimum atomic E-state index is 0.645. The van der Waals surface area contributed by atoms with Gasteiger partial charge in [-0.25, -0.2) is 0 Å². The molecule has 0 aliphatic rings. The molecule has 2 nitrogen and oxygen atoms in total. The largest absolute Gasteiger partial charge is 0.317 e. The fraction of sp³-hybridized carbons (Fsp3) is 0.625. The van der Waals surface area contributed by atoms with E-state index in [0.717, 1.165) is 6.54 Å². The summed E-state index contributed by atoms with van der Waals surface area (Å²) in [5.41, 5.74) is 2.84. The first-order chi connectivity index (χ1) is 8.63. The van der Waals surface area contributed by atoms with Crippen molar-refractivity contribution in [1.82, 2.24) is 10.2 Å². The van der Waals surface area contributed by atoms with E-state index < -0.39 is 0 Å². The van der Waals surface area contributed by atoms with Crippen molar-refractivity contribution >= 4 is 0 Å². The lowest BCUT2D eigenvalue weighted by Crippen LogP contribution is -2.22. The maximum Gasteiger partial charge on any atom is 0.0233 e. The normalized spacial score (nSPS) is 12.9. The van der Waals surface area contributed by atoms with Crippen molar-refractivity contribution in [3.63, 3.8) is 0 Å². The molecule has 1 unspecified atom stereocenters. The summed E-state index contributed by atoms with van der Waals surface area (Å²) in [6.45, 7) is 6.69. The van der Waals surface area contributed by atoms with Crippen LogP contribution in [0.15, 0.2) is 24.3 Å². The molecule has 1 atom stereocenters. The van der Waals surface area contributed by atoms with Crippen molar-refractivity contribution in [3.8, 4) is 0 Å². The van der Waals surface area contributed by atoms with Crippen LogP contribution in [0.2, 0.25) is 0 Å². The Kier molecular flexibility index (Phi) is 6.99. The maximum absolute atomic E-state index is 3.29. The van der Waals surface area contributed by atoms with Gasteiger partial charge >= 0.3 is 0 Å². The molecule has 1 rings (SSSR count). The molecule has 0 spiro atoms. The van der Waals surface area contributed by atoms with E-state index in [1.807, 2.05) is 7.05 Å². The molecular formula is C16H28N2. The number of unbranched alkanes of at least 4 members (excludes halogenated alkanes) is 1. The Morgan fingerprint density at radius 3 is 2.61 bits per heavy atom. The molecule has 0 aliphatic carbocycles. The van der Waals surface area contributed by atoms with Gasteiger partial charge in [-0.3, -0.25) is 0 Å². The number of nitrogens with zero attached hydrogens (tertiary/aromatic N) is 1. The zero-order valence-electron chi connectivity index (χ0n) is 12.4. The van der Waals surface area contributed by atoms with Gasteiger partial charge in [-0.15, -0.1) is 0 Å². The molecule has 1 aromatic carbocycles. The van der Waals surface area contributed by atoms with E-state index in [0.29, 0.717) is 6.04 Å². The monoisotopic (exact) mass is 248 g/mol. The van der Waals surface area contributed by atoms with Gasteiger partial charge in [-0.1, -0.05) is 30.7 Å². The fourth-order valence-corrected chi connectivity index (χ4v) is 2.13. The molecule has 0 aliphatic heterocycles. The first-order valence-corrected chi connectivity index (χ1v) is 7.03. The van der Waals surface area contributed by atoms with Crippen LogP contribution in [0.25, 0.3) is 0 Å². The molecule has 0 heterocycles. The van der Waals surface area contributed by atoms with E-state index in [2.05, 4.69) is 55.4 Å². The molecular weight excluding hydrogens is 220 g/mol. The first kappa shape index (κ1) is 15.2. The third-order valence-electron chi connectivity index (χ3n) is 3.62. The van der Waals surface area contributed by atoms with Crippen molar-refractivity contribution in [2.45, 2.75) is 45.7 Å². The van der Waals surface area contributed by atoms with Crippen molar-refractivity contribution in [1.29, 1.82) is 0 Å². The molecule has 0 radical (unpaired) electrons. The summed E-state index contributed by atoms with van der Waals surface area (Å²) in [6, 6.07) is 9.31. The second kappa shape index (κ2) is 8.28. The number of nitrogens with one attached hydrogen (secondary N) is 1. The number of hydrogen-bond donors (Lipinski definition) is 1. The summed E-state index contributed by atoms with van der Waals surface area (Å²) in [7, 11) is 4.25. The van der Waals surface area contributed by atoms with Crippen LogP contribution in [0.5, 0.6) is 0 Å². The SMILES string of the molecule is CNC(C)CCCCN(C)Cc1ccccc1C.